The van der Waals surface area contributed by atoms with Gasteiger partial charge in [-0.15, -0.1) is 11.3 Å². The molecule has 19 heavy (non-hydrogen) atoms. The Morgan fingerprint density at radius 1 is 1.32 bits per heavy atom. The molecule has 0 fully saturated rings. The van der Waals surface area contributed by atoms with Crippen molar-refractivity contribution in [3.8, 4) is 0 Å². The lowest BCUT2D eigenvalue weighted by Gasteiger charge is -2.06. The van der Waals surface area contributed by atoms with Gasteiger partial charge in [0.2, 0.25) is 0 Å². The van der Waals surface area contributed by atoms with Crippen molar-refractivity contribution >= 4 is 27.4 Å². The number of fused-ring (bicyclic) bond motifs is 1. The summed E-state index contributed by atoms with van der Waals surface area (Å²) in [6.07, 6.45) is 3.35. The number of anilines is 1. The van der Waals surface area contributed by atoms with Crippen LogP contribution in [0, 0.1) is 0 Å². The summed E-state index contributed by atoms with van der Waals surface area (Å²) in [6.45, 7) is 0.481. The molecule has 0 atom stereocenters. The summed E-state index contributed by atoms with van der Waals surface area (Å²) >= 11 is 1.48. The van der Waals surface area contributed by atoms with Crippen LogP contribution in [0.25, 0.3) is 10.2 Å². The molecule has 0 saturated carbocycles. The SMILES string of the molecule is CNc1ccc(Cn2cnc3sccc3c2=O)cn1. The van der Waals surface area contributed by atoms with E-state index in [4.69, 9.17) is 0 Å². The third-order valence-corrected chi connectivity index (χ3v) is 3.70. The predicted octanol–water partition coefficient (Wildman–Crippen LogP) is 1.94. The monoisotopic (exact) mass is 272 g/mol. The van der Waals surface area contributed by atoms with Gasteiger partial charge in [0.05, 0.1) is 18.3 Å². The van der Waals surface area contributed by atoms with Gasteiger partial charge in [-0.3, -0.25) is 9.36 Å². The van der Waals surface area contributed by atoms with E-state index in [9.17, 15) is 4.79 Å². The normalized spacial score (nSPS) is 10.8. The fourth-order valence-electron chi connectivity index (χ4n) is 1.87. The maximum atomic E-state index is 12.2. The van der Waals surface area contributed by atoms with Crippen molar-refractivity contribution in [2.75, 3.05) is 12.4 Å². The van der Waals surface area contributed by atoms with E-state index < -0.39 is 0 Å². The van der Waals surface area contributed by atoms with Gasteiger partial charge in [0, 0.05) is 13.2 Å². The van der Waals surface area contributed by atoms with Gasteiger partial charge in [0.15, 0.2) is 0 Å². The first-order valence-electron chi connectivity index (χ1n) is 5.83. The summed E-state index contributed by atoms with van der Waals surface area (Å²) in [5.41, 5.74) is 0.960. The molecule has 3 aromatic rings. The number of nitrogens with zero attached hydrogens (tertiary/aromatic N) is 3. The van der Waals surface area contributed by atoms with Crippen molar-refractivity contribution in [1.29, 1.82) is 0 Å². The molecule has 3 aromatic heterocycles. The number of hydrogen-bond acceptors (Lipinski definition) is 5. The quantitative estimate of drug-likeness (QED) is 0.791. The van der Waals surface area contributed by atoms with Gasteiger partial charge < -0.3 is 5.32 Å². The second-order valence-corrected chi connectivity index (χ2v) is 5.01. The van der Waals surface area contributed by atoms with Crippen LogP contribution in [0.5, 0.6) is 0 Å². The van der Waals surface area contributed by atoms with E-state index in [2.05, 4.69) is 15.3 Å². The van der Waals surface area contributed by atoms with Crippen molar-refractivity contribution < 1.29 is 0 Å². The maximum absolute atomic E-state index is 12.2. The van der Waals surface area contributed by atoms with Crippen LogP contribution in [0.15, 0.2) is 40.9 Å². The second-order valence-electron chi connectivity index (χ2n) is 4.12. The topological polar surface area (TPSA) is 59.8 Å². The first kappa shape index (κ1) is 11.9. The zero-order valence-corrected chi connectivity index (χ0v) is 11.1. The minimum absolute atomic E-state index is 0.0102. The first-order chi connectivity index (χ1) is 9.28. The summed E-state index contributed by atoms with van der Waals surface area (Å²) in [5, 5.41) is 5.51. The zero-order valence-electron chi connectivity index (χ0n) is 10.3. The largest absolute Gasteiger partial charge is 0.373 e. The van der Waals surface area contributed by atoms with Gasteiger partial charge in [0.1, 0.15) is 10.6 Å². The van der Waals surface area contributed by atoms with Crippen molar-refractivity contribution in [1.82, 2.24) is 14.5 Å². The van der Waals surface area contributed by atoms with Gasteiger partial charge in [-0.1, -0.05) is 6.07 Å². The van der Waals surface area contributed by atoms with Crippen LogP contribution in [-0.4, -0.2) is 21.6 Å². The van der Waals surface area contributed by atoms with Gasteiger partial charge in [0.25, 0.3) is 5.56 Å². The second kappa shape index (κ2) is 4.81. The molecule has 0 unspecified atom stereocenters. The molecule has 0 radical (unpaired) electrons. The van der Waals surface area contributed by atoms with Crippen LogP contribution in [0.2, 0.25) is 0 Å². The number of rotatable bonds is 3. The van der Waals surface area contributed by atoms with Crippen LogP contribution < -0.4 is 10.9 Å². The summed E-state index contributed by atoms with van der Waals surface area (Å²) in [6, 6.07) is 5.65. The standard InChI is InChI=1S/C13H12N4OS/c1-14-11-3-2-9(6-15-11)7-17-8-16-12-10(13(17)18)4-5-19-12/h2-6,8H,7H2,1H3,(H,14,15). The molecular formula is C13H12N4OS. The predicted molar refractivity (Wildman–Crippen MR) is 76.8 cm³/mol. The lowest BCUT2D eigenvalue weighted by Crippen LogP contribution is -2.20. The molecule has 0 aliphatic rings. The molecule has 0 bridgehead atoms. The molecule has 0 amide bonds. The Labute approximate surface area is 113 Å². The Hall–Kier alpha value is -2.21. The van der Waals surface area contributed by atoms with Gasteiger partial charge in [-0.2, -0.15) is 0 Å². The average Bonchev–Trinajstić information content (AvgIpc) is 2.92. The van der Waals surface area contributed by atoms with E-state index in [0.717, 1.165) is 16.2 Å². The Bertz CT molecular complexity index is 760. The van der Waals surface area contributed by atoms with Crippen molar-refractivity contribution in [2.45, 2.75) is 6.54 Å². The Morgan fingerprint density at radius 2 is 2.21 bits per heavy atom. The number of nitrogens with one attached hydrogen (secondary N) is 1. The highest BCUT2D eigenvalue weighted by Gasteiger charge is 2.05. The van der Waals surface area contributed by atoms with E-state index in [-0.39, 0.29) is 5.56 Å². The van der Waals surface area contributed by atoms with Crippen LogP contribution >= 0.6 is 11.3 Å². The molecule has 0 saturated heterocycles. The van der Waals surface area contributed by atoms with E-state index >= 15 is 0 Å². The van der Waals surface area contributed by atoms with E-state index in [1.807, 2.05) is 30.6 Å². The lowest BCUT2D eigenvalue weighted by molar-refractivity contribution is 0.746. The van der Waals surface area contributed by atoms with Crippen LogP contribution in [0.3, 0.4) is 0 Å². The van der Waals surface area contributed by atoms with Gasteiger partial charge in [-0.25, -0.2) is 9.97 Å². The molecule has 1 N–H and O–H groups in total. The third-order valence-electron chi connectivity index (χ3n) is 2.88. The maximum Gasteiger partial charge on any atom is 0.262 e. The number of aromatic nitrogens is 3. The zero-order chi connectivity index (χ0) is 13.2. The first-order valence-corrected chi connectivity index (χ1v) is 6.71. The van der Waals surface area contributed by atoms with Gasteiger partial charge in [-0.05, 0) is 23.1 Å². The summed E-state index contributed by atoms with van der Waals surface area (Å²) in [4.78, 5) is 21.5. The molecule has 6 heteroatoms. The summed E-state index contributed by atoms with van der Waals surface area (Å²) in [5.74, 6) is 0.808. The Kier molecular flexibility index (Phi) is 3.00. The van der Waals surface area contributed by atoms with Crippen molar-refractivity contribution in [3.63, 3.8) is 0 Å². The van der Waals surface area contributed by atoms with Gasteiger partial charge >= 0.3 is 0 Å². The molecule has 0 aliphatic carbocycles. The summed E-state index contributed by atoms with van der Waals surface area (Å²) < 4.78 is 1.60. The molecular weight excluding hydrogens is 260 g/mol. The summed E-state index contributed by atoms with van der Waals surface area (Å²) in [7, 11) is 1.82. The third kappa shape index (κ3) is 2.22. The van der Waals surface area contributed by atoms with Crippen molar-refractivity contribution in [3.05, 3.63) is 52.0 Å². The van der Waals surface area contributed by atoms with Crippen LogP contribution in [0.1, 0.15) is 5.56 Å². The fraction of sp³-hybridized carbons (Fsp3) is 0.154. The van der Waals surface area contributed by atoms with E-state index in [1.54, 1.807) is 17.1 Å². The number of hydrogen-bond donors (Lipinski definition) is 1. The smallest absolute Gasteiger partial charge is 0.262 e. The van der Waals surface area contributed by atoms with E-state index in [0.29, 0.717) is 11.9 Å². The molecule has 5 nitrogen and oxygen atoms in total. The molecule has 3 heterocycles. The molecule has 96 valence electrons. The minimum atomic E-state index is -0.0102. The Balaban J connectivity index is 1.95. The van der Waals surface area contributed by atoms with E-state index in [1.165, 1.54) is 11.3 Å². The molecule has 0 aliphatic heterocycles. The fourth-order valence-corrected chi connectivity index (χ4v) is 2.59. The Morgan fingerprint density at radius 3 is 2.95 bits per heavy atom. The molecule has 3 rings (SSSR count). The molecule has 0 aromatic carbocycles. The van der Waals surface area contributed by atoms with Crippen molar-refractivity contribution in [2.24, 2.45) is 0 Å². The highest BCUT2D eigenvalue weighted by atomic mass is 32.1. The molecule has 0 spiro atoms. The highest BCUT2D eigenvalue weighted by Crippen LogP contribution is 2.13. The lowest BCUT2D eigenvalue weighted by atomic mass is 10.2. The number of pyridine rings is 1. The average molecular weight is 272 g/mol. The van der Waals surface area contributed by atoms with Crippen LogP contribution in [0.4, 0.5) is 5.82 Å². The number of thiophene rings is 1. The highest BCUT2D eigenvalue weighted by molar-refractivity contribution is 7.16. The minimum Gasteiger partial charge on any atom is -0.373 e. The van der Waals surface area contributed by atoms with Crippen LogP contribution in [-0.2, 0) is 6.54 Å².